The molecule has 1 saturated carbocycles. The van der Waals surface area contributed by atoms with Crippen LogP contribution in [0.15, 0.2) is 30.3 Å². The Morgan fingerprint density at radius 2 is 1.96 bits per heavy atom. The molecule has 1 heterocycles. The molecule has 1 aliphatic carbocycles. The Morgan fingerprint density at radius 3 is 2.52 bits per heavy atom. The third kappa shape index (κ3) is 3.24. The Kier molecular flexibility index (Phi) is 4.65. The quantitative estimate of drug-likeness (QED) is 0.889. The lowest BCUT2D eigenvalue weighted by atomic mass is 9.74. The highest BCUT2D eigenvalue weighted by atomic mass is 16.5. The number of carbonyl (C=O) groups excluding carboxylic acids is 1. The van der Waals surface area contributed by atoms with Gasteiger partial charge in [0.25, 0.3) is 0 Å². The summed E-state index contributed by atoms with van der Waals surface area (Å²) in [6.07, 6.45) is 1.95. The first-order valence-electron chi connectivity index (χ1n) is 8.17. The van der Waals surface area contributed by atoms with E-state index in [2.05, 4.69) is 11.4 Å². The van der Waals surface area contributed by atoms with Gasteiger partial charge in [-0.25, -0.2) is 0 Å². The lowest BCUT2D eigenvalue weighted by molar-refractivity contribution is -0.134. The van der Waals surface area contributed by atoms with Gasteiger partial charge < -0.3 is 15.2 Å². The van der Waals surface area contributed by atoms with E-state index >= 15 is 0 Å². The molecule has 5 heteroatoms. The van der Waals surface area contributed by atoms with Crippen LogP contribution < -0.4 is 5.32 Å². The van der Waals surface area contributed by atoms with Crippen molar-refractivity contribution in [1.29, 1.82) is 5.26 Å². The first-order valence-corrected chi connectivity index (χ1v) is 8.17. The van der Waals surface area contributed by atoms with Crippen molar-refractivity contribution in [1.82, 2.24) is 5.32 Å². The topological polar surface area (TPSA) is 82.4 Å². The largest absolute Gasteiger partial charge is 0.393 e. The van der Waals surface area contributed by atoms with Gasteiger partial charge in [-0.15, -0.1) is 0 Å². The molecule has 1 saturated heterocycles. The number of rotatable bonds is 4. The molecule has 2 N–H and O–H groups in total. The minimum Gasteiger partial charge on any atom is -0.393 e. The van der Waals surface area contributed by atoms with Crippen LogP contribution in [0.25, 0.3) is 0 Å². The van der Waals surface area contributed by atoms with Gasteiger partial charge in [0.2, 0.25) is 5.91 Å². The van der Waals surface area contributed by atoms with Gasteiger partial charge >= 0.3 is 0 Å². The number of nitrogens with zero attached hydrogens (tertiary/aromatic N) is 1. The van der Waals surface area contributed by atoms with E-state index in [0.29, 0.717) is 38.9 Å². The predicted molar refractivity (Wildman–Crippen MR) is 84.2 cm³/mol. The minimum absolute atomic E-state index is 0.153. The summed E-state index contributed by atoms with van der Waals surface area (Å²) in [6.45, 7) is 0.887. The van der Waals surface area contributed by atoms with E-state index in [-0.39, 0.29) is 24.0 Å². The summed E-state index contributed by atoms with van der Waals surface area (Å²) in [5.74, 6) is 0.00507. The molecule has 0 aromatic heterocycles. The Bertz CT molecular complexity index is 584. The van der Waals surface area contributed by atoms with Crippen LogP contribution in [-0.2, 0) is 9.53 Å². The van der Waals surface area contributed by atoms with Crippen molar-refractivity contribution in [3.8, 4) is 6.07 Å². The summed E-state index contributed by atoms with van der Waals surface area (Å²) in [6, 6.07) is 11.9. The number of nitriles is 1. The molecule has 1 unspecified atom stereocenters. The minimum atomic E-state index is -0.992. The van der Waals surface area contributed by atoms with Gasteiger partial charge in [-0.2, -0.15) is 5.26 Å². The molecule has 23 heavy (non-hydrogen) atoms. The Hall–Kier alpha value is -1.90. The third-order valence-corrected chi connectivity index (χ3v) is 5.06. The number of ether oxygens (including phenoxy) is 1. The van der Waals surface area contributed by atoms with Gasteiger partial charge in [-0.1, -0.05) is 30.3 Å². The Balaban J connectivity index is 1.78. The number of nitrogens with one attached hydrogen (secondary N) is 1. The molecular weight excluding hydrogens is 292 g/mol. The average Bonchev–Trinajstić information content (AvgIpc) is 2.58. The second kappa shape index (κ2) is 6.69. The first-order chi connectivity index (χ1) is 11.1. The SMILES string of the molecule is N#CC1(C(=O)NC(c2ccccc2)C2CC(O)C2)CCOCC1. The number of hydrogen-bond donors (Lipinski definition) is 2. The van der Waals surface area contributed by atoms with Crippen molar-refractivity contribution in [2.75, 3.05) is 13.2 Å². The van der Waals surface area contributed by atoms with Crippen molar-refractivity contribution in [2.24, 2.45) is 11.3 Å². The molecule has 5 nitrogen and oxygen atoms in total. The van der Waals surface area contributed by atoms with E-state index < -0.39 is 5.41 Å². The molecule has 3 rings (SSSR count). The van der Waals surface area contributed by atoms with Gasteiger partial charge in [0.15, 0.2) is 0 Å². The van der Waals surface area contributed by atoms with Crippen molar-refractivity contribution in [3.63, 3.8) is 0 Å². The van der Waals surface area contributed by atoms with E-state index in [4.69, 9.17) is 4.74 Å². The lowest BCUT2D eigenvalue weighted by Gasteiger charge is -2.40. The number of aliphatic hydroxyl groups excluding tert-OH is 1. The van der Waals surface area contributed by atoms with E-state index in [9.17, 15) is 15.2 Å². The van der Waals surface area contributed by atoms with Crippen molar-refractivity contribution < 1.29 is 14.6 Å². The highest BCUT2D eigenvalue weighted by Crippen LogP contribution is 2.39. The summed E-state index contributed by atoms with van der Waals surface area (Å²) < 4.78 is 5.30. The molecule has 1 aliphatic heterocycles. The van der Waals surface area contributed by atoms with Gasteiger partial charge in [0.05, 0.1) is 18.2 Å². The van der Waals surface area contributed by atoms with Crippen LogP contribution in [0.1, 0.15) is 37.3 Å². The number of carbonyl (C=O) groups is 1. The first kappa shape index (κ1) is 16.0. The summed E-state index contributed by atoms with van der Waals surface area (Å²) in [4.78, 5) is 12.8. The smallest absolute Gasteiger partial charge is 0.241 e. The highest BCUT2D eigenvalue weighted by Gasteiger charge is 2.43. The predicted octanol–water partition coefficient (Wildman–Crippen LogP) is 1.94. The molecule has 1 aromatic rings. The van der Waals surface area contributed by atoms with Gasteiger partial charge in [-0.3, -0.25) is 4.79 Å². The van der Waals surface area contributed by atoms with Gasteiger partial charge in [0, 0.05) is 13.2 Å². The van der Waals surface area contributed by atoms with E-state index in [1.165, 1.54) is 0 Å². The van der Waals surface area contributed by atoms with Crippen LogP contribution in [0.4, 0.5) is 0 Å². The fraction of sp³-hybridized carbons (Fsp3) is 0.556. The molecule has 0 radical (unpaired) electrons. The molecule has 2 aliphatic rings. The fourth-order valence-corrected chi connectivity index (χ4v) is 3.42. The summed E-state index contributed by atoms with van der Waals surface area (Å²) in [5, 5.41) is 22.2. The van der Waals surface area contributed by atoms with Crippen LogP contribution in [-0.4, -0.2) is 30.3 Å². The lowest BCUT2D eigenvalue weighted by Crippen LogP contribution is -2.48. The number of amides is 1. The van der Waals surface area contributed by atoms with Crippen LogP contribution in [0, 0.1) is 22.7 Å². The second-order valence-electron chi connectivity index (χ2n) is 6.55. The molecule has 2 fully saturated rings. The normalized spacial score (nSPS) is 27.3. The Labute approximate surface area is 136 Å². The van der Waals surface area contributed by atoms with E-state index in [1.54, 1.807) is 0 Å². The monoisotopic (exact) mass is 314 g/mol. The summed E-state index contributed by atoms with van der Waals surface area (Å²) in [5.41, 5.74) is 0.0334. The van der Waals surface area contributed by atoms with Crippen molar-refractivity contribution >= 4 is 5.91 Å². The number of benzene rings is 1. The fourth-order valence-electron chi connectivity index (χ4n) is 3.42. The van der Waals surface area contributed by atoms with Crippen LogP contribution in [0.5, 0.6) is 0 Å². The molecule has 0 spiro atoms. The van der Waals surface area contributed by atoms with E-state index in [0.717, 1.165) is 5.56 Å². The van der Waals surface area contributed by atoms with Gasteiger partial charge in [-0.05, 0) is 37.2 Å². The summed E-state index contributed by atoms with van der Waals surface area (Å²) >= 11 is 0. The van der Waals surface area contributed by atoms with Crippen LogP contribution in [0.2, 0.25) is 0 Å². The zero-order valence-electron chi connectivity index (χ0n) is 13.1. The zero-order valence-corrected chi connectivity index (χ0v) is 13.1. The maximum Gasteiger partial charge on any atom is 0.241 e. The number of hydrogen-bond acceptors (Lipinski definition) is 4. The molecule has 1 atom stereocenters. The third-order valence-electron chi connectivity index (χ3n) is 5.06. The molecule has 0 bridgehead atoms. The van der Waals surface area contributed by atoms with Crippen LogP contribution >= 0.6 is 0 Å². The molecule has 1 amide bonds. The maximum atomic E-state index is 12.8. The highest BCUT2D eigenvalue weighted by molar-refractivity contribution is 5.86. The molecule has 122 valence electrons. The standard InChI is InChI=1S/C18H22N2O3/c19-12-18(6-8-23-9-7-18)17(22)20-16(14-10-15(21)11-14)13-4-2-1-3-5-13/h1-5,14-16,21H,6-11H2,(H,20,22). The Morgan fingerprint density at radius 1 is 1.30 bits per heavy atom. The van der Waals surface area contributed by atoms with Crippen molar-refractivity contribution in [3.05, 3.63) is 35.9 Å². The van der Waals surface area contributed by atoms with Crippen molar-refractivity contribution in [2.45, 2.75) is 37.8 Å². The summed E-state index contributed by atoms with van der Waals surface area (Å²) in [7, 11) is 0. The molecule has 1 aromatic carbocycles. The number of aliphatic hydroxyl groups is 1. The van der Waals surface area contributed by atoms with Crippen LogP contribution in [0.3, 0.4) is 0 Å². The van der Waals surface area contributed by atoms with E-state index in [1.807, 2.05) is 30.3 Å². The maximum absolute atomic E-state index is 12.8. The zero-order chi connectivity index (χ0) is 16.3. The van der Waals surface area contributed by atoms with Gasteiger partial charge in [0.1, 0.15) is 5.41 Å². The molecular formula is C18H22N2O3. The second-order valence-corrected chi connectivity index (χ2v) is 6.55. The average molecular weight is 314 g/mol.